The molecule has 0 aliphatic heterocycles. The van der Waals surface area contributed by atoms with Gasteiger partial charge in [-0.1, -0.05) is 35.9 Å². The van der Waals surface area contributed by atoms with E-state index in [0.29, 0.717) is 22.8 Å². The maximum absolute atomic E-state index is 12.5. The minimum Gasteiger partial charge on any atom is -0.332 e. The number of benzene rings is 1. The van der Waals surface area contributed by atoms with Crippen molar-refractivity contribution >= 4 is 34.7 Å². The Morgan fingerprint density at radius 2 is 1.88 bits per heavy atom. The Bertz CT molecular complexity index is 1160. The van der Waals surface area contributed by atoms with Gasteiger partial charge in [0.15, 0.2) is 5.82 Å². The van der Waals surface area contributed by atoms with Gasteiger partial charge >= 0.3 is 6.18 Å². The molecule has 172 valence electrons. The van der Waals surface area contributed by atoms with E-state index in [1.54, 1.807) is 40.9 Å². The molecular weight excluding hydrogens is 471 g/mol. The molecule has 0 bridgehead atoms. The molecule has 1 aliphatic carbocycles. The summed E-state index contributed by atoms with van der Waals surface area (Å²) in [4.78, 5) is 21.3. The number of rotatable bonds is 4. The van der Waals surface area contributed by atoms with Crippen molar-refractivity contribution in [3.63, 3.8) is 0 Å². The van der Waals surface area contributed by atoms with Crippen LogP contribution in [-0.4, -0.2) is 32.8 Å². The number of aryl methyl sites for hydroxylation is 1. The lowest BCUT2D eigenvalue weighted by Gasteiger charge is -2.15. The Balaban J connectivity index is 0.000000286. The quantitative estimate of drug-likeness (QED) is 0.384. The number of imidazole rings is 1. The van der Waals surface area contributed by atoms with E-state index in [4.69, 9.17) is 11.6 Å². The zero-order valence-electron chi connectivity index (χ0n) is 17.9. The number of carbonyl (C=O) groups excluding carboxylic acids is 1. The van der Waals surface area contributed by atoms with Gasteiger partial charge in [-0.25, -0.2) is 4.98 Å². The highest BCUT2D eigenvalue weighted by molar-refractivity contribution is 7.98. The van der Waals surface area contributed by atoms with Crippen molar-refractivity contribution in [1.82, 2.24) is 14.5 Å². The van der Waals surface area contributed by atoms with E-state index < -0.39 is 17.9 Å². The van der Waals surface area contributed by atoms with Crippen LogP contribution in [0, 0.1) is 5.92 Å². The second-order valence-corrected chi connectivity index (χ2v) is 8.47. The van der Waals surface area contributed by atoms with Crippen molar-refractivity contribution in [2.45, 2.75) is 17.5 Å². The molecule has 1 unspecified atom stereocenters. The number of thioether (sulfide) groups is 1. The molecule has 0 N–H and O–H groups in total. The molecule has 0 spiro atoms. The van der Waals surface area contributed by atoms with Crippen molar-refractivity contribution in [3.8, 4) is 11.5 Å². The summed E-state index contributed by atoms with van der Waals surface area (Å²) in [5.74, 6) is -2.22. The first-order valence-corrected chi connectivity index (χ1v) is 11.5. The lowest BCUT2D eigenvalue weighted by atomic mass is 9.92. The van der Waals surface area contributed by atoms with Gasteiger partial charge in [0, 0.05) is 35.3 Å². The average Bonchev–Trinajstić information content (AvgIpc) is 3.21. The van der Waals surface area contributed by atoms with Gasteiger partial charge in [0.1, 0.15) is 5.69 Å². The van der Waals surface area contributed by atoms with Crippen LogP contribution in [0.25, 0.3) is 17.1 Å². The van der Waals surface area contributed by atoms with E-state index >= 15 is 0 Å². The number of halogens is 4. The summed E-state index contributed by atoms with van der Waals surface area (Å²) in [5, 5.41) is 0.799. The molecule has 1 aromatic carbocycles. The number of hydrogen-bond acceptors (Lipinski definition) is 4. The molecule has 1 atom stereocenters. The van der Waals surface area contributed by atoms with Gasteiger partial charge in [0.25, 0.3) is 0 Å². The minimum atomic E-state index is -4.81. The van der Waals surface area contributed by atoms with Gasteiger partial charge < -0.3 is 4.57 Å². The summed E-state index contributed by atoms with van der Waals surface area (Å²) in [7, 11) is 1.82. The second-order valence-electron chi connectivity index (χ2n) is 7.16. The van der Waals surface area contributed by atoms with Gasteiger partial charge in [-0.2, -0.15) is 13.2 Å². The monoisotopic (exact) mass is 491 g/mol. The zero-order chi connectivity index (χ0) is 24.0. The maximum atomic E-state index is 12.5. The molecule has 9 heteroatoms. The average molecular weight is 492 g/mol. The van der Waals surface area contributed by atoms with Crippen molar-refractivity contribution < 1.29 is 18.0 Å². The molecule has 1 aliphatic rings. The smallest absolute Gasteiger partial charge is 0.332 e. The first kappa shape index (κ1) is 24.8. The molecular formula is C24H21ClF3N3OS. The summed E-state index contributed by atoms with van der Waals surface area (Å²) in [6.07, 6.45) is 5.12. The third kappa shape index (κ3) is 6.58. The number of allylic oxidation sites excluding steroid dienone is 4. The molecule has 3 aromatic rings. The maximum Gasteiger partial charge on any atom is 0.450 e. The van der Waals surface area contributed by atoms with Gasteiger partial charge in [-0.15, -0.1) is 11.8 Å². The van der Waals surface area contributed by atoms with Gasteiger partial charge in [-0.05, 0) is 54.6 Å². The third-order valence-corrected chi connectivity index (χ3v) is 5.83. The Kier molecular flexibility index (Phi) is 8.15. The topological polar surface area (TPSA) is 47.8 Å². The number of carbonyl (C=O) groups is 1. The number of hydrogen-bond donors (Lipinski definition) is 0. The largest absolute Gasteiger partial charge is 0.450 e. The van der Waals surface area contributed by atoms with Crippen molar-refractivity contribution in [1.29, 1.82) is 0 Å². The minimum absolute atomic E-state index is 0.0136. The van der Waals surface area contributed by atoms with Crippen LogP contribution in [0.5, 0.6) is 0 Å². The predicted molar refractivity (Wildman–Crippen MR) is 126 cm³/mol. The number of aromatic nitrogens is 3. The van der Waals surface area contributed by atoms with Gasteiger partial charge in [-0.3, -0.25) is 9.78 Å². The molecule has 0 amide bonds. The third-order valence-electron chi connectivity index (χ3n) is 4.83. The second kappa shape index (κ2) is 10.9. The number of Topliss-reactive ketones (excluding diaryl/α,β-unsaturated/α-hetero) is 1. The van der Waals surface area contributed by atoms with Crippen molar-refractivity contribution in [3.05, 3.63) is 83.8 Å². The summed E-state index contributed by atoms with van der Waals surface area (Å²) >= 11 is 7.38. The normalized spacial score (nSPS) is 15.5. The van der Waals surface area contributed by atoms with Crippen LogP contribution in [0.4, 0.5) is 13.2 Å². The molecule has 4 rings (SSSR count). The number of nitrogens with zero attached hydrogens (tertiary/aromatic N) is 3. The Hall–Kier alpha value is -2.84. The van der Waals surface area contributed by atoms with E-state index in [-0.39, 0.29) is 6.42 Å². The van der Waals surface area contributed by atoms with Crippen LogP contribution < -0.4 is 0 Å². The highest BCUT2D eigenvalue weighted by Gasteiger charge is 2.42. The zero-order valence-corrected chi connectivity index (χ0v) is 19.5. The van der Waals surface area contributed by atoms with Crippen molar-refractivity contribution in [2.75, 3.05) is 6.26 Å². The Morgan fingerprint density at radius 3 is 2.42 bits per heavy atom. The number of ketones is 1. The summed E-state index contributed by atoms with van der Waals surface area (Å²) in [5.41, 5.74) is 2.03. The van der Waals surface area contributed by atoms with E-state index in [1.807, 2.05) is 49.7 Å². The molecule has 33 heavy (non-hydrogen) atoms. The highest BCUT2D eigenvalue weighted by Crippen LogP contribution is 2.30. The Morgan fingerprint density at radius 1 is 1.15 bits per heavy atom. The summed E-state index contributed by atoms with van der Waals surface area (Å²) in [6, 6.07) is 13.3. The van der Waals surface area contributed by atoms with E-state index in [1.165, 1.54) is 17.0 Å². The fraction of sp³-hybridized carbons (Fsp3) is 0.208. The molecule has 2 heterocycles. The lowest BCUT2D eigenvalue weighted by Crippen LogP contribution is -2.29. The fourth-order valence-electron chi connectivity index (χ4n) is 3.12. The summed E-state index contributed by atoms with van der Waals surface area (Å²) in [6.45, 7) is 0. The first-order chi connectivity index (χ1) is 15.7. The van der Waals surface area contributed by atoms with Crippen LogP contribution in [0.15, 0.2) is 78.0 Å². The van der Waals surface area contributed by atoms with Crippen LogP contribution in [-0.2, 0) is 11.8 Å². The summed E-state index contributed by atoms with van der Waals surface area (Å²) < 4.78 is 39.2. The molecule has 0 fully saturated rings. The van der Waals surface area contributed by atoms with Crippen LogP contribution >= 0.6 is 23.4 Å². The van der Waals surface area contributed by atoms with Gasteiger partial charge in [0.2, 0.25) is 5.78 Å². The first-order valence-electron chi connectivity index (χ1n) is 9.93. The standard InChI is InChI=1S/C17H14F3N3O.C7H7ClS/c1-23-10-14(22-16(23)13-4-2-3-9-21-13)11-5-7-12(8-6-11)15(24)17(18,19)20;1-9-7-4-2-6(8)3-5-7/h2-7,9-10,12H,8H2,1H3;2-5H,1H3. The molecule has 2 aromatic heterocycles. The SMILES string of the molecule is CSc1ccc(Cl)cc1.Cn1cc(C2=CCC(C(=O)C(F)(F)F)C=C2)nc1-c1ccccn1. The van der Waals surface area contributed by atoms with E-state index in [2.05, 4.69) is 9.97 Å². The van der Waals surface area contributed by atoms with Crippen LogP contribution in [0.1, 0.15) is 12.1 Å². The van der Waals surface area contributed by atoms with Crippen LogP contribution in [0.2, 0.25) is 5.02 Å². The van der Waals surface area contributed by atoms with Gasteiger partial charge in [0.05, 0.1) is 5.69 Å². The fourth-order valence-corrected chi connectivity index (χ4v) is 3.66. The molecule has 0 radical (unpaired) electrons. The predicted octanol–water partition coefficient (Wildman–Crippen LogP) is 6.63. The van der Waals surface area contributed by atoms with E-state index in [0.717, 1.165) is 5.02 Å². The number of pyridine rings is 1. The molecule has 0 saturated carbocycles. The highest BCUT2D eigenvalue weighted by atomic mass is 35.5. The Labute approximate surface area is 199 Å². The molecule has 4 nitrogen and oxygen atoms in total. The van der Waals surface area contributed by atoms with E-state index in [9.17, 15) is 18.0 Å². The lowest BCUT2D eigenvalue weighted by molar-refractivity contribution is -0.173. The van der Waals surface area contributed by atoms with Crippen LogP contribution in [0.3, 0.4) is 0 Å². The molecule has 0 saturated heterocycles. The number of alkyl halides is 3. The van der Waals surface area contributed by atoms with Crippen molar-refractivity contribution in [2.24, 2.45) is 13.0 Å².